The molecule has 0 aromatic heterocycles. The third-order valence-electron chi connectivity index (χ3n) is 11.6. The Morgan fingerprint density at radius 3 is 1.44 bits per heavy atom. The highest BCUT2D eigenvalue weighted by Crippen LogP contribution is 2.72. The van der Waals surface area contributed by atoms with Crippen molar-refractivity contribution in [3.8, 4) is 0 Å². The maximum absolute atomic E-state index is 6.58. The van der Waals surface area contributed by atoms with Crippen LogP contribution in [0.5, 0.6) is 0 Å². The first kappa shape index (κ1) is 17.7. The minimum atomic E-state index is -0.0432. The highest BCUT2D eigenvalue weighted by molar-refractivity contribution is 5.18. The smallest absolute Gasteiger partial charge is 0.161 e. The standard InChI is InChI=1S/C24H38O3/c1-21(2)15-7-9-23(21,5)19-13(15)11-17(26-19)25-18-12-14-16-8-10-24(6,20(14)27-18)22(16,3)4/h13-20H,7-12H2,1-6H3/t13-,14-,15-,16+,17-,18+,19+,20-,23-,24+/m1/s1. The second kappa shape index (κ2) is 4.95. The zero-order valence-corrected chi connectivity index (χ0v) is 18.1. The van der Waals surface area contributed by atoms with Crippen LogP contribution in [-0.4, -0.2) is 24.8 Å². The SMILES string of the molecule is CC1(C)[C@H]2CC[C@@]1(C)[C@@H]1O[C@H](O[C@H]3C[C@@H]4[C@H]5CC[C@](C)([C@H]4O3)C5(C)C)C[C@@H]12. The van der Waals surface area contributed by atoms with E-state index in [1.54, 1.807) is 0 Å². The summed E-state index contributed by atoms with van der Waals surface area (Å²) in [7, 11) is 0. The van der Waals surface area contributed by atoms with Gasteiger partial charge in [-0.3, -0.25) is 0 Å². The third-order valence-corrected chi connectivity index (χ3v) is 11.6. The summed E-state index contributed by atoms with van der Waals surface area (Å²) in [6, 6.07) is 0. The van der Waals surface area contributed by atoms with E-state index >= 15 is 0 Å². The molecule has 0 aromatic carbocycles. The van der Waals surface area contributed by atoms with Crippen LogP contribution < -0.4 is 0 Å². The van der Waals surface area contributed by atoms with E-state index in [1.807, 2.05) is 0 Å². The molecule has 3 nitrogen and oxygen atoms in total. The predicted molar refractivity (Wildman–Crippen MR) is 104 cm³/mol. The lowest BCUT2D eigenvalue weighted by Crippen LogP contribution is -2.39. The molecular formula is C24H38O3. The molecule has 152 valence electrons. The van der Waals surface area contributed by atoms with Gasteiger partial charge in [0.15, 0.2) is 12.6 Å². The van der Waals surface area contributed by atoms with E-state index in [4.69, 9.17) is 14.2 Å². The molecule has 2 heterocycles. The normalized spacial score (nSPS) is 61.6. The molecule has 6 rings (SSSR count). The van der Waals surface area contributed by atoms with Crippen molar-refractivity contribution in [2.24, 2.45) is 45.3 Å². The molecule has 2 saturated heterocycles. The summed E-state index contributed by atoms with van der Waals surface area (Å²) >= 11 is 0. The van der Waals surface area contributed by atoms with Crippen molar-refractivity contribution in [3.63, 3.8) is 0 Å². The molecule has 0 unspecified atom stereocenters. The molecule has 10 atom stereocenters. The molecule has 3 heteroatoms. The van der Waals surface area contributed by atoms with Gasteiger partial charge in [-0.2, -0.15) is 0 Å². The molecule has 0 radical (unpaired) electrons. The van der Waals surface area contributed by atoms with Crippen LogP contribution in [0.15, 0.2) is 0 Å². The fraction of sp³-hybridized carbons (Fsp3) is 1.00. The highest BCUT2D eigenvalue weighted by Gasteiger charge is 2.71. The summed E-state index contributed by atoms with van der Waals surface area (Å²) in [6.45, 7) is 14.8. The molecule has 0 N–H and O–H groups in total. The molecule has 0 aromatic rings. The summed E-state index contributed by atoms with van der Waals surface area (Å²) in [5, 5.41) is 0. The lowest BCUT2D eigenvalue weighted by molar-refractivity contribution is -0.252. The maximum atomic E-state index is 6.58. The summed E-state index contributed by atoms with van der Waals surface area (Å²) in [4.78, 5) is 0. The monoisotopic (exact) mass is 374 g/mol. The second-order valence-corrected chi connectivity index (χ2v) is 12.5. The first-order valence-electron chi connectivity index (χ1n) is 11.6. The van der Waals surface area contributed by atoms with Gasteiger partial charge in [-0.05, 0) is 71.0 Å². The minimum absolute atomic E-state index is 0.0432. The molecule has 2 aliphatic heterocycles. The number of fused-ring (bicyclic) bond motifs is 10. The summed E-state index contributed by atoms with van der Waals surface area (Å²) in [6.07, 6.45) is 8.24. The Kier molecular flexibility index (Phi) is 3.25. The summed E-state index contributed by atoms with van der Waals surface area (Å²) in [5.41, 5.74) is 1.47. The lowest BCUT2D eigenvalue weighted by Gasteiger charge is -2.39. The zero-order valence-electron chi connectivity index (χ0n) is 18.1. The fourth-order valence-corrected chi connectivity index (χ4v) is 9.31. The van der Waals surface area contributed by atoms with Crippen LogP contribution in [0.3, 0.4) is 0 Å². The van der Waals surface area contributed by atoms with Gasteiger partial charge in [-0.25, -0.2) is 0 Å². The number of rotatable bonds is 2. The largest absolute Gasteiger partial charge is 0.348 e. The quantitative estimate of drug-likeness (QED) is 0.650. The van der Waals surface area contributed by atoms with Gasteiger partial charge in [0.05, 0.1) is 12.2 Å². The van der Waals surface area contributed by atoms with Crippen LogP contribution in [0.1, 0.15) is 80.1 Å². The molecule has 6 fully saturated rings. The van der Waals surface area contributed by atoms with Crippen LogP contribution in [-0.2, 0) is 14.2 Å². The van der Waals surface area contributed by atoms with Crippen molar-refractivity contribution in [2.45, 2.75) is 105 Å². The van der Waals surface area contributed by atoms with Crippen molar-refractivity contribution < 1.29 is 14.2 Å². The number of hydrogen-bond donors (Lipinski definition) is 0. The molecule has 4 saturated carbocycles. The molecule has 0 amide bonds. The average molecular weight is 375 g/mol. The first-order chi connectivity index (χ1) is 12.6. The molecule has 6 aliphatic rings. The minimum Gasteiger partial charge on any atom is -0.348 e. The average Bonchev–Trinajstić information content (AvgIpc) is 3.33. The van der Waals surface area contributed by atoms with Gasteiger partial charge in [-0.1, -0.05) is 41.5 Å². The van der Waals surface area contributed by atoms with Crippen molar-refractivity contribution in [1.82, 2.24) is 0 Å². The van der Waals surface area contributed by atoms with Crippen LogP contribution >= 0.6 is 0 Å². The Hall–Kier alpha value is -0.120. The Bertz CT molecular complexity index is 615. The second-order valence-electron chi connectivity index (χ2n) is 12.5. The van der Waals surface area contributed by atoms with Gasteiger partial charge < -0.3 is 14.2 Å². The van der Waals surface area contributed by atoms with Crippen molar-refractivity contribution >= 4 is 0 Å². The Morgan fingerprint density at radius 2 is 1.07 bits per heavy atom. The van der Waals surface area contributed by atoms with Crippen LogP contribution in [0.25, 0.3) is 0 Å². The van der Waals surface area contributed by atoms with Crippen LogP contribution in [0.4, 0.5) is 0 Å². The zero-order chi connectivity index (χ0) is 19.0. The van der Waals surface area contributed by atoms with Gasteiger partial charge in [0.25, 0.3) is 0 Å². The number of hydrogen-bond acceptors (Lipinski definition) is 3. The maximum Gasteiger partial charge on any atom is 0.161 e. The summed E-state index contributed by atoms with van der Waals surface area (Å²) in [5.74, 6) is 3.00. The van der Waals surface area contributed by atoms with Crippen LogP contribution in [0, 0.1) is 45.3 Å². The van der Waals surface area contributed by atoms with E-state index in [0.29, 0.717) is 45.7 Å². The van der Waals surface area contributed by atoms with E-state index < -0.39 is 0 Å². The third kappa shape index (κ3) is 1.83. The molecule has 4 aliphatic carbocycles. The molecular weight excluding hydrogens is 336 g/mol. The highest BCUT2D eigenvalue weighted by atomic mass is 16.8. The van der Waals surface area contributed by atoms with Gasteiger partial charge in [-0.15, -0.1) is 0 Å². The topological polar surface area (TPSA) is 27.7 Å². The fourth-order valence-electron chi connectivity index (χ4n) is 9.31. The molecule has 27 heavy (non-hydrogen) atoms. The van der Waals surface area contributed by atoms with E-state index in [2.05, 4.69) is 41.5 Å². The van der Waals surface area contributed by atoms with Crippen molar-refractivity contribution in [3.05, 3.63) is 0 Å². The predicted octanol–water partition coefficient (Wildman–Crippen LogP) is 5.38. The van der Waals surface area contributed by atoms with Crippen molar-refractivity contribution in [2.75, 3.05) is 0 Å². The van der Waals surface area contributed by atoms with E-state index in [0.717, 1.165) is 24.7 Å². The van der Waals surface area contributed by atoms with Gasteiger partial charge in [0.1, 0.15) is 0 Å². The first-order valence-corrected chi connectivity index (χ1v) is 11.6. The van der Waals surface area contributed by atoms with E-state index in [-0.39, 0.29) is 12.6 Å². The van der Waals surface area contributed by atoms with Crippen molar-refractivity contribution in [1.29, 1.82) is 0 Å². The van der Waals surface area contributed by atoms with Gasteiger partial charge >= 0.3 is 0 Å². The lowest BCUT2D eigenvalue weighted by atomic mass is 9.70. The molecule has 0 spiro atoms. The molecule has 4 bridgehead atoms. The Morgan fingerprint density at radius 1 is 0.667 bits per heavy atom. The van der Waals surface area contributed by atoms with Gasteiger partial charge in [0.2, 0.25) is 0 Å². The number of ether oxygens (including phenoxy) is 3. The van der Waals surface area contributed by atoms with Gasteiger partial charge in [0, 0.05) is 12.8 Å². The Balaban J connectivity index is 1.15. The van der Waals surface area contributed by atoms with E-state index in [9.17, 15) is 0 Å². The Labute approximate surface area is 164 Å². The summed E-state index contributed by atoms with van der Waals surface area (Å²) < 4.78 is 19.6. The van der Waals surface area contributed by atoms with Crippen LogP contribution in [0.2, 0.25) is 0 Å². The van der Waals surface area contributed by atoms with E-state index in [1.165, 1.54) is 25.7 Å².